The summed E-state index contributed by atoms with van der Waals surface area (Å²) in [4.78, 5) is 21.7. The topological polar surface area (TPSA) is 73.8 Å². The second kappa shape index (κ2) is 6.24. The highest BCUT2D eigenvalue weighted by atomic mass is 32.2. The van der Waals surface area contributed by atoms with Crippen molar-refractivity contribution in [3.8, 4) is 11.1 Å². The Hall–Kier alpha value is -2.41. The minimum Gasteiger partial charge on any atom is -0.396 e. The van der Waals surface area contributed by atoms with Crippen molar-refractivity contribution < 1.29 is 4.39 Å². The van der Waals surface area contributed by atoms with Crippen LogP contribution in [0.1, 0.15) is 19.9 Å². The Morgan fingerprint density at radius 1 is 1.29 bits per heavy atom. The number of anilines is 1. The molecule has 0 saturated heterocycles. The van der Waals surface area contributed by atoms with Crippen LogP contribution in [0.2, 0.25) is 0 Å². The Morgan fingerprint density at radius 2 is 2.04 bits per heavy atom. The molecule has 2 heterocycles. The molecular weight excluding hydrogens is 327 g/mol. The summed E-state index contributed by atoms with van der Waals surface area (Å²) < 4.78 is 15.1. The summed E-state index contributed by atoms with van der Waals surface area (Å²) >= 11 is 1.42. The lowest BCUT2D eigenvalue weighted by Crippen LogP contribution is -2.24. The van der Waals surface area contributed by atoms with E-state index in [2.05, 4.69) is 9.97 Å². The maximum Gasteiger partial charge on any atom is 0.260 e. The van der Waals surface area contributed by atoms with E-state index in [0.29, 0.717) is 21.9 Å². The predicted molar refractivity (Wildman–Crippen MR) is 95.8 cm³/mol. The van der Waals surface area contributed by atoms with Gasteiger partial charge in [-0.2, -0.15) is 0 Å². The van der Waals surface area contributed by atoms with Gasteiger partial charge in [-0.15, -0.1) is 0 Å². The van der Waals surface area contributed by atoms with Crippen molar-refractivity contribution >= 4 is 28.5 Å². The maximum atomic E-state index is 13.4. The Kier molecular flexibility index (Phi) is 4.28. The number of nitrogen functional groups attached to an aromatic ring is 1. The van der Waals surface area contributed by atoms with Gasteiger partial charge < -0.3 is 5.73 Å². The molecule has 3 rings (SSSR count). The normalized spacial score (nSPS) is 11.4. The lowest BCUT2D eigenvalue weighted by atomic mass is 10.0. The Balaban J connectivity index is 2.36. The molecule has 0 atom stereocenters. The van der Waals surface area contributed by atoms with Crippen LogP contribution in [0, 0.1) is 5.82 Å². The van der Waals surface area contributed by atoms with E-state index in [9.17, 15) is 9.18 Å². The van der Waals surface area contributed by atoms with Crippen molar-refractivity contribution in [1.82, 2.24) is 14.5 Å². The van der Waals surface area contributed by atoms with Crippen LogP contribution in [0.3, 0.4) is 0 Å². The molecule has 0 radical (unpaired) electrons. The highest BCUT2D eigenvalue weighted by Gasteiger charge is 2.16. The van der Waals surface area contributed by atoms with Gasteiger partial charge in [0.05, 0.1) is 5.69 Å². The van der Waals surface area contributed by atoms with Crippen LogP contribution < -0.4 is 11.3 Å². The van der Waals surface area contributed by atoms with Gasteiger partial charge in [0, 0.05) is 23.2 Å². The number of aromatic nitrogens is 3. The van der Waals surface area contributed by atoms with E-state index < -0.39 is 5.82 Å². The number of hydrogen-bond acceptors (Lipinski definition) is 5. The molecule has 3 aromatic rings. The first-order valence-electron chi connectivity index (χ1n) is 7.44. The Bertz CT molecular complexity index is 984. The lowest BCUT2D eigenvalue weighted by molar-refractivity contribution is 0.593. The van der Waals surface area contributed by atoms with Crippen molar-refractivity contribution in [1.29, 1.82) is 0 Å². The summed E-state index contributed by atoms with van der Waals surface area (Å²) in [6, 6.07) is 5.94. The first kappa shape index (κ1) is 16.4. The van der Waals surface area contributed by atoms with E-state index in [1.807, 2.05) is 20.1 Å². The van der Waals surface area contributed by atoms with Crippen LogP contribution in [-0.2, 0) is 0 Å². The summed E-state index contributed by atoms with van der Waals surface area (Å²) in [6.45, 7) is 3.84. The summed E-state index contributed by atoms with van der Waals surface area (Å²) in [5.74, 6) is -0.503. The molecule has 2 N–H and O–H groups in total. The number of pyridine rings is 1. The van der Waals surface area contributed by atoms with E-state index in [4.69, 9.17) is 5.73 Å². The smallest absolute Gasteiger partial charge is 0.260 e. The first-order valence-corrected chi connectivity index (χ1v) is 8.66. The Morgan fingerprint density at radius 3 is 2.67 bits per heavy atom. The number of nitrogens with two attached hydrogens (primary N) is 1. The molecule has 0 fully saturated rings. The van der Waals surface area contributed by atoms with Gasteiger partial charge in [-0.05, 0) is 43.9 Å². The molecule has 5 nitrogen and oxygen atoms in total. The van der Waals surface area contributed by atoms with Crippen molar-refractivity contribution in [3.63, 3.8) is 0 Å². The van der Waals surface area contributed by atoms with Gasteiger partial charge in [-0.3, -0.25) is 9.36 Å². The van der Waals surface area contributed by atoms with Gasteiger partial charge in [0.25, 0.3) is 5.56 Å². The first-order chi connectivity index (χ1) is 11.4. The lowest BCUT2D eigenvalue weighted by Gasteiger charge is -2.16. The van der Waals surface area contributed by atoms with Gasteiger partial charge in [0.2, 0.25) is 0 Å². The molecule has 1 aromatic carbocycles. The molecule has 2 aromatic heterocycles. The van der Waals surface area contributed by atoms with E-state index in [-0.39, 0.29) is 17.3 Å². The molecule has 0 aliphatic carbocycles. The minimum atomic E-state index is -0.503. The molecule has 7 heteroatoms. The predicted octanol–water partition coefficient (Wildman–Crippen LogP) is 3.48. The second-order valence-electron chi connectivity index (χ2n) is 5.70. The zero-order valence-corrected chi connectivity index (χ0v) is 14.4. The summed E-state index contributed by atoms with van der Waals surface area (Å²) in [5.41, 5.74) is 7.08. The monoisotopic (exact) mass is 344 g/mol. The van der Waals surface area contributed by atoms with Gasteiger partial charge in [-0.1, -0.05) is 17.8 Å². The van der Waals surface area contributed by atoms with Crippen molar-refractivity contribution in [2.75, 3.05) is 12.0 Å². The highest BCUT2D eigenvalue weighted by molar-refractivity contribution is 7.98. The summed E-state index contributed by atoms with van der Waals surface area (Å²) in [5, 5.41) is 1.36. The largest absolute Gasteiger partial charge is 0.396 e. The van der Waals surface area contributed by atoms with E-state index in [1.54, 1.807) is 22.9 Å². The van der Waals surface area contributed by atoms with E-state index in [0.717, 1.165) is 5.39 Å². The molecule has 0 saturated carbocycles. The SMILES string of the molecule is CSc1ncc2cc(-c3ccc(F)c(N)c3)c(=O)n(C(C)C)c2n1. The van der Waals surface area contributed by atoms with Gasteiger partial charge >= 0.3 is 0 Å². The number of nitrogens with zero attached hydrogens (tertiary/aromatic N) is 3. The third-order valence-corrected chi connectivity index (χ3v) is 4.32. The van der Waals surface area contributed by atoms with Gasteiger partial charge in [0.15, 0.2) is 5.16 Å². The van der Waals surface area contributed by atoms with Crippen molar-refractivity contribution in [2.24, 2.45) is 0 Å². The number of rotatable bonds is 3. The fourth-order valence-electron chi connectivity index (χ4n) is 2.60. The molecule has 0 unspecified atom stereocenters. The fourth-order valence-corrected chi connectivity index (χ4v) is 2.94. The number of benzene rings is 1. The number of hydrogen-bond donors (Lipinski definition) is 1. The zero-order valence-electron chi connectivity index (χ0n) is 13.6. The number of fused-ring (bicyclic) bond motifs is 1. The molecule has 0 aliphatic rings. The average molecular weight is 344 g/mol. The average Bonchev–Trinajstić information content (AvgIpc) is 2.56. The standard InChI is InChI=1S/C17H17FN4OS/c1-9(2)22-15-11(8-20-17(21-15)24-3)6-12(16(22)23)10-4-5-13(18)14(19)7-10/h4-9H,19H2,1-3H3. The summed E-state index contributed by atoms with van der Waals surface area (Å²) in [7, 11) is 0. The van der Waals surface area contributed by atoms with E-state index >= 15 is 0 Å². The van der Waals surface area contributed by atoms with Gasteiger partial charge in [0.1, 0.15) is 11.5 Å². The van der Waals surface area contributed by atoms with Crippen LogP contribution in [0.15, 0.2) is 40.4 Å². The van der Waals surface area contributed by atoms with Gasteiger partial charge in [-0.25, -0.2) is 14.4 Å². The Labute approximate surface area is 142 Å². The van der Waals surface area contributed by atoms with Crippen LogP contribution in [0.25, 0.3) is 22.2 Å². The van der Waals surface area contributed by atoms with Crippen molar-refractivity contribution in [3.05, 3.63) is 46.6 Å². The molecule has 0 bridgehead atoms. The van der Waals surface area contributed by atoms with Crippen LogP contribution in [0.4, 0.5) is 10.1 Å². The third-order valence-electron chi connectivity index (χ3n) is 3.76. The third kappa shape index (κ3) is 2.75. The molecular formula is C17H17FN4OS. The zero-order chi connectivity index (χ0) is 17.4. The highest BCUT2D eigenvalue weighted by Crippen LogP contribution is 2.25. The molecule has 24 heavy (non-hydrogen) atoms. The maximum absolute atomic E-state index is 13.4. The quantitative estimate of drug-likeness (QED) is 0.447. The molecule has 124 valence electrons. The summed E-state index contributed by atoms with van der Waals surface area (Å²) in [6.07, 6.45) is 3.58. The second-order valence-corrected chi connectivity index (χ2v) is 6.47. The molecule has 0 spiro atoms. The minimum absolute atomic E-state index is 0.0112. The number of halogens is 1. The van der Waals surface area contributed by atoms with Crippen LogP contribution >= 0.6 is 11.8 Å². The van der Waals surface area contributed by atoms with Crippen molar-refractivity contribution in [2.45, 2.75) is 25.0 Å². The molecule has 0 amide bonds. The van der Waals surface area contributed by atoms with E-state index in [1.165, 1.54) is 23.9 Å². The fraction of sp³-hybridized carbons (Fsp3) is 0.235. The van der Waals surface area contributed by atoms with Crippen LogP contribution in [-0.4, -0.2) is 20.8 Å². The number of thioether (sulfide) groups is 1. The molecule has 0 aliphatic heterocycles. The van der Waals surface area contributed by atoms with Crippen LogP contribution in [0.5, 0.6) is 0 Å².